The molecule has 4 saturated heterocycles. The highest BCUT2D eigenvalue weighted by atomic mass is 15.7. The Morgan fingerprint density at radius 1 is 0.700 bits per heavy atom. The summed E-state index contributed by atoms with van der Waals surface area (Å²) >= 11 is 0. The summed E-state index contributed by atoms with van der Waals surface area (Å²) in [4.78, 5) is 5.73. The van der Waals surface area contributed by atoms with Crippen molar-refractivity contribution in [2.24, 2.45) is 0 Å². The molecule has 2 unspecified atom stereocenters. The standard InChI is InChI=1S/C16H32N4/c1-3-9-19-11-5-17-8-14-20(10-4-2)12-6-18(7-13-19)16(20)15(17)19/h15-16H,3-14H2,1-2H3/q+2. The van der Waals surface area contributed by atoms with Crippen molar-refractivity contribution in [2.75, 3.05) is 65.4 Å². The van der Waals surface area contributed by atoms with Crippen LogP contribution in [-0.4, -0.2) is 96.5 Å². The molecule has 4 rings (SSSR count). The lowest BCUT2D eigenvalue weighted by molar-refractivity contribution is -1.03. The van der Waals surface area contributed by atoms with Crippen LogP contribution in [0.25, 0.3) is 0 Å². The van der Waals surface area contributed by atoms with E-state index in [4.69, 9.17) is 0 Å². The Kier molecular flexibility index (Phi) is 3.15. The van der Waals surface area contributed by atoms with Crippen LogP contribution in [0.15, 0.2) is 0 Å². The zero-order valence-electron chi connectivity index (χ0n) is 13.4. The van der Waals surface area contributed by atoms with Crippen molar-refractivity contribution in [3.05, 3.63) is 0 Å². The zero-order chi connectivity index (χ0) is 13.8. The predicted octanol–water partition coefficient (Wildman–Crippen LogP) is 0.751. The summed E-state index contributed by atoms with van der Waals surface area (Å²) in [6.07, 6.45) is 4.35. The summed E-state index contributed by atoms with van der Waals surface area (Å²) in [7, 11) is 0. The minimum Gasteiger partial charge on any atom is -0.300 e. The second kappa shape index (κ2) is 4.67. The molecule has 0 aliphatic carbocycles. The molecule has 4 aliphatic rings. The Balaban J connectivity index is 1.72. The minimum absolute atomic E-state index is 0.825. The lowest BCUT2D eigenvalue weighted by atomic mass is 10.1. The molecule has 4 fully saturated rings. The van der Waals surface area contributed by atoms with Gasteiger partial charge >= 0.3 is 0 Å². The lowest BCUT2D eigenvalue weighted by Crippen LogP contribution is -2.78. The highest BCUT2D eigenvalue weighted by Crippen LogP contribution is 2.43. The molecular weight excluding hydrogens is 248 g/mol. The van der Waals surface area contributed by atoms with Crippen LogP contribution in [0, 0.1) is 0 Å². The van der Waals surface area contributed by atoms with E-state index < -0.39 is 0 Å². The van der Waals surface area contributed by atoms with Crippen molar-refractivity contribution in [1.29, 1.82) is 0 Å². The molecule has 0 saturated carbocycles. The maximum absolute atomic E-state index is 2.87. The number of piperazine rings is 2. The third kappa shape index (κ3) is 1.62. The van der Waals surface area contributed by atoms with Gasteiger partial charge in [-0.2, -0.15) is 0 Å². The van der Waals surface area contributed by atoms with E-state index in [2.05, 4.69) is 23.6 Å². The van der Waals surface area contributed by atoms with Gasteiger partial charge in [-0.15, -0.1) is 0 Å². The van der Waals surface area contributed by atoms with Crippen molar-refractivity contribution in [3.63, 3.8) is 0 Å². The van der Waals surface area contributed by atoms with Gasteiger partial charge in [0.2, 0.25) is 12.3 Å². The smallest absolute Gasteiger partial charge is 0.214 e. The van der Waals surface area contributed by atoms with Crippen LogP contribution in [0.4, 0.5) is 0 Å². The average Bonchev–Trinajstić information content (AvgIpc) is 2.98. The summed E-state index contributed by atoms with van der Waals surface area (Å²) in [6.45, 7) is 18.7. The molecule has 4 heteroatoms. The van der Waals surface area contributed by atoms with Gasteiger partial charge in [0.15, 0.2) is 0 Å². The quantitative estimate of drug-likeness (QED) is 0.701. The molecule has 0 amide bonds. The van der Waals surface area contributed by atoms with Gasteiger partial charge in [0, 0.05) is 0 Å². The highest BCUT2D eigenvalue weighted by Gasteiger charge is 2.66. The first-order chi connectivity index (χ1) is 9.75. The van der Waals surface area contributed by atoms with Crippen LogP contribution in [-0.2, 0) is 0 Å². The molecule has 0 radical (unpaired) electrons. The predicted molar refractivity (Wildman–Crippen MR) is 81.0 cm³/mol. The van der Waals surface area contributed by atoms with Crippen LogP contribution in [0.2, 0.25) is 0 Å². The number of hydrogen-bond acceptors (Lipinski definition) is 2. The molecular formula is C16H32N4+2. The van der Waals surface area contributed by atoms with Crippen molar-refractivity contribution in [3.8, 4) is 0 Å². The van der Waals surface area contributed by atoms with Crippen LogP contribution in [0.3, 0.4) is 0 Å². The molecule has 0 aromatic carbocycles. The fourth-order valence-corrected chi connectivity index (χ4v) is 6.05. The number of hydrogen-bond donors (Lipinski definition) is 0. The fourth-order valence-electron chi connectivity index (χ4n) is 6.05. The summed E-state index contributed by atoms with van der Waals surface area (Å²) in [5.41, 5.74) is 0. The Morgan fingerprint density at radius 2 is 1.05 bits per heavy atom. The molecule has 4 nitrogen and oxygen atoms in total. The summed E-state index contributed by atoms with van der Waals surface area (Å²) in [5.74, 6) is 0. The van der Waals surface area contributed by atoms with Crippen molar-refractivity contribution < 1.29 is 8.97 Å². The maximum atomic E-state index is 2.87. The fraction of sp³-hybridized carbons (Fsp3) is 1.00. The monoisotopic (exact) mass is 280 g/mol. The Hall–Kier alpha value is -0.160. The lowest BCUT2D eigenvalue weighted by Gasteiger charge is -2.56. The maximum Gasteiger partial charge on any atom is 0.214 e. The molecule has 4 aliphatic heterocycles. The second-order valence-corrected chi connectivity index (χ2v) is 7.68. The molecule has 0 aromatic heterocycles. The highest BCUT2D eigenvalue weighted by molar-refractivity contribution is 4.91. The van der Waals surface area contributed by atoms with Crippen molar-refractivity contribution in [2.45, 2.75) is 39.0 Å². The number of rotatable bonds is 4. The largest absolute Gasteiger partial charge is 0.300 e. The van der Waals surface area contributed by atoms with Gasteiger partial charge in [-0.1, -0.05) is 13.8 Å². The van der Waals surface area contributed by atoms with E-state index in [1.54, 1.807) is 0 Å². The van der Waals surface area contributed by atoms with Crippen molar-refractivity contribution >= 4 is 0 Å². The van der Waals surface area contributed by atoms with Crippen LogP contribution in [0.1, 0.15) is 26.7 Å². The topological polar surface area (TPSA) is 6.48 Å². The van der Waals surface area contributed by atoms with Crippen LogP contribution < -0.4 is 0 Å². The summed E-state index contributed by atoms with van der Waals surface area (Å²) < 4.78 is 2.86. The Morgan fingerprint density at radius 3 is 1.35 bits per heavy atom. The molecule has 0 bridgehead atoms. The van der Waals surface area contributed by atoms with Crippen LogP contribution >= 0.6 is 0 Å². The third-order valence-corrected chi connectivity index (χ3v) is 6.81. The molecule has 0 N–H and O–H groups in total. The molecule has 4 heterocycles. The SMILES string of the molecule is CCC[N+]12CCN3CC[N+]4(CCC)CCN(CC1)C4C32. The zero-order valence-corrected chi connectivity index (χ0v) is 13.4. The Bertz CT molecular complexity index is 351. The minimum atomic E-state index is 0.825. The van der Waals surface area contributed by atoms with E-state index in [-0.39, 0.29) is 0 Å². The molecule has 114 valence electrons. The first kappa shape index (κ1) is 13.5. The van der Waals surface area contributed by atoms with Gasteiger partial charge < -0.3 is 8.97 Å². The first-order valence-electron chi connectivity index (χ1n) is 8.94. The first-order valence-corrected chi connectivity index (χ1v) is 8.94. The van der Waals surface area contributed by atoms with E-state index >= 15 is 0 Å². The van der Waals surface area contributed by atoms with Gasteiger partial charge in [0.1, 0.15) is 0 Å². The molecule has 20 heavy (non-hydrogen) atoms. The van der Waals surface area contributed by atoms with Gasteiger partial charge in [-0.05, 0) is 12.8 Å². The third-order valence-electron chi connectivity index (χ3n) is 6.81. The van der Waals surface area contributed by atoms with Gasteiger partial charge in [-0.3, -0.25) is 0 Å². The molecule has 2 atom stereocenters. The van der Waals surface area contributed by atoms with Gasteiger partial charge in [0.05, 0.1) is 65.4 Å². The summed E-state index contributed by atoms with van der Waals surface area (Å²) in [6, 6.07) is 0. The van der Waals surface area contributed by atoms with Crippen molar-refractivity contribution in [1.82, 2.24) is 9.80 Å². The van der Waals surface area contributed by atoms with Crippen LogP contribution in [0.5, 0.6) is 0 Å². The Labute approximate surface area is 124 Å². The van der Waals surface area contributed by atoms with E-state index in [0.717, 1.165) is 12.3 Å². The van der Waals surface area contributed by atoms with E-state index in [9.17, 15) is 0 Å². The summed E-state index contributed by atoms with van der Waals surface area (Å²) in [5, 5.41) is 0. The normalized spacial score (nSPS) is 47.7. The van der Waals surface area contributed by atoms with E-state index in [1.165, 1.54) is 87.3 Å². The van der Waals surface area contributed by atoms with E-state index in [0.29, 0.717) is 0 Å². The number of nitrogens with zero attached hydrogens (tertiary/aromatic N) is 4. The molecule has 0 aromatic rings. The van der Waals surface area contributed by atoms with Gasteiger partial charge in [-0.25, -0.2) is 9.80 Å². The van der Waals surface area contributed by atoms with E-state index in [1.807, 2.05) is 0 Å². The second-order valence-electron chi connectivity index (χ2n) is 7.68. The molecule has 0 spiro atoms. The van der Waals surface area contributed by atoms with Gasteiger partial charge in [0.25, 0.3) is 0 Å². The number of quaternary nitrogens is 2. The average molecular weight is 280 g/mol.